The smallest absolute Gasteiger partial charge is 0.264 e. The summed E-state index contributed by atoms with van der Waals surface area (Å²) in [6, 6.07) is 4.45. The van der Waals surface area contributed by atoms with Gasteiger partial charge in [0.1, 0.15) is 0 Å². The van der Waals surface area contributed by atoms with Crippen LogP contribution in [0, 0.1) is 12.8 Å². The van der Waals surface area contributed by atoms with E-state index in [9.17, 15) is 18.0 Å². The van der Waals surface area contributed by atoms with Gasteiger partial charge in [-0.15, -0.1) is 0 Å². The number of amides is 1. The third-order valence-corrected chi connectivity index (χ3v) is 5.05. The number of aryl methyl sites for hydroxylation is 1. The van der Waals surface area contributed by atoms with E-state index >= 15 is 0 Å². The first-order valence-corrected chi connectivity index (χ1v) is 8.85. The molecule has 0 bridgehead atoms. The lowest BCUT2D eigenvalue weighted by molar-refractivity contribution is -0.122. The van der Waals surface area contributed by atoms with Gasteiger partial charge in [-0.1, -0.05) is 38.8 Å². The zero-order valence-corrected chi connectivity index (χ0v) is 14.3. The lowest BCUT2D eigenvalue weighted by atomic mass is 10.0. The van der Waals surface area contributed by atoms with Crippen molar-refractivity contribution in [1.29, 1.82) is 0 Å². The highest BCUT2D eigenvalue weighted by atomic mass is 32.2. The molecule has 1 rings (SSSR count). The quantitative estimate of drug-likeness (QED) is 0.782. The Bertz CT molecular complexity index is 665. The number of ketones is 1. The van der Waals surface area contributed by atoms with Gasteiger partial charge in [-0.05, 0) is 31.9 Å². The normalized spacial score (nSPS) is 12.7. The fourth-order valence-electron chi connectivity index (χ4n) is 2.04. The molecule has 0 fully saturated rings. The minimum Gasteiger partial charge on any atom is -0.295 e. The lowest BCUT2D eigenvalue weighted by Gasteiger charge is -2.14. The fourth-order valence-corrected chi connectivity index (χ4v) is 3.39. The summed E-state index contributed by atoms with van der Waals surface area (Å²) in [4.78, 5) is 23.4. The maximum Gasteiger partial charge on any atom is 0.264 e. The van der Waals surface area contributed by atoms with E-state index in [0.717, 1.165) is 12.8 Å². The van der Waals surface area contributed by atoms with Crippen LogP contribution in [0.25, 0.3) is 0 Å². The van der Waals surface area contributed by atoms with E-state index in [-0.39, 0.29) is 16.6 Å². The van der Waals surface area contributed by atoms with E-state index in [0.29, 0.717) is 17.5 Å². The largest absolute Gasteiger partial charge is 0.295 e. The van der Waals surface area contributed by atoms with Gasteiger partial charge in [0.2, 0.25) is 5.91 Å². The van der Waals surface area contributed by atoms with Gasteiger partial charge >= 0.3 is 0 Å². The number of carbonyl (C=O) groups is 2. The molecule has 1 aromatic rings. The standard InChI is InChI=1S/C16H23NO4S/c1-5-6-7-12(3)16(19)17-22(20,21)15-10-14(13(4)18)9-8-11(15)2/h8-10,12H,5-7H2,1-4H3,(H,17,19)/t12-/m1/s1. The Morgan fingerprint density at radius 2 is 1.91 bits per heavy atom. The number of nitrogens with one attached hydrogen (secondary N) is 1. The van der Waals surface area contributed by atoms with E-state index in [2.05, 4.69) is 4.72 Å². The molecule has 0 unspecified atom stereocenters. The molecule has 1 amide bonds. The van der Waals surface area contributed by atoms with Crippen molar-refractivity contribution in [1.82, 2.24) is 4.72 Å². The highest BCUT2D eigenvalue weighted by molar-refractivity contribution is 7.90. The Morgan fingerprint density at radius 3 is 2.45 bits per heavy atom. The number of hydrogen-bond donors (Lipinski definition) is 1. The van der Waals surface area contributed by atoms with Gasteiger partial charge in [0.25, 0.3) is 10.0 Å². The summed E-state index contributed by atoms with van der Waals surface area (Å²) < 4.78 is 26.9. The lowest BCUT2D eigenvalue weighted by Crippen LogP contribution is -2.35. The van der Waals surface area contributed by atoms with Crippen molar-refractivity contribution in [2.24, 2.45) is 5.92 Å². The van der Waals surface area contributed by atoms with Gasteiger partial charge < -0.3 is 0 Å². The molecule has 0 heterocycles. The second-order valence-electron chi connectivity index (χ2n) is 5.55. The van der Waals surface area contributed by atoms with E-state index < -0.39 is 15.9 Å². The molecule has 0 aliphatic heterocycles. The second kappa shape index (κ2) is 7.54. The summed E-state index contributed by atoms with van der Waals surface area (Å²) in [6.45, 7) is 6.72. The minimum absolute atomic E-state index is 0.0313. The predicted molar refractivity (Wildman–Crippen MR) is 85.2 cm³/mol. The molecule has 122 valence electrons. The first kappa shape index (κ1) is 18.4. The van der Waals surface area contributed by atoms with Gasteiger partial charge in [-0.2, -0.15) is 0 Å². The van der Waals surface area contributed by atoms with Gasteiger partial charge in [0.05, 0.1) is 4.90 Å². The van der Waals surface area contributed by atoms with Crippen LogP contribution in [-0.4, -0.2) is 20.1 Å². The molecule has 0 spiro atoms. The van der Waals surface area contributed by atoms with Crippen LogP contribution in [0.15, 0.2) is 23.1 Å². The van der Waals surface area contributed by atoms with Crippen molar-refractivity contribution in [3.8, 4) is 0 Å². The molecule has 0 radical (unpaired) electrons. The van der Waals surface area contributed by atoms with Crippen molar-refractivity contribution in [3.63, 3.8) is 0 Å². The summed E-state index contributed by atoms with van der Waals surface area (Å²) in [5, 5.41) is 0. The summed E-state index contributed by atoms with van der Waals surface area (Å²) in [7, 11) is -3.97. The minimum atomic E-state index is -3.97. The Kier molecular flexibility index (Phi) is 6.29. The third-order valence-electron chi connectivity index (χ3n) is 3.56. The highest BCUT2D eigenvalue weighted by Crippen LogP contribution is 2.18. The summed E-state index contributed by atoms with van der Waals surface area (Å²) in [5.41, 5.74) is 0.795. The molecule has 1 aromatic carbocycles. The van der Waals surface area contributed by atoms with Crippen LogP contribution < -0.4 is 4.72 Å². The van der Waals surface area contributed by atoms with E-state index in [1.807, 2.05) is 6.92 Å². The van der Waals surface area contributed by atoms with Crippen molar-refractivity contribution in [2.75, 3.05) is 0 Å². The second-order valence-corrected chi connectivity index (χ2v) is 7.20. The number of Topliss-reactive ketones (excluding diaryl/α,β-unsaturated/α-hetero) is 1. The molecule has 1 atom stereocenters. The van der Waals surface area contributed by atoms with Gasteiger partial charge in [-0.3, -0.25) is 9.59 Å². The Labute approximate surface area is 132 Å². The summed E-state index contributed by atoms with van der Waals surface area (Å²) in [5.74, 6) is -1.11. The molecule has 6 heteroatoms. The zero-order chi connectivity index (χ0) is 16.9. The number of sulfonamides is 1. The number of hydrogen-bond acceptors (Lipinski definition) is 4. The molecule has 0 saturated heterocycles. The molecule has 0 aliphatic rings. The van der Waals surface area contributed by atoms with Crippen molar-refractivity contribution < 1.29 is 18.0 Å². The Balaban J connectivity index is 3.02. The van der Waals surface area contributed by atoms with Crippen LogP contribution in [-0.2, 0) is 14.8 Å². The van der Waals surface area contributed by atoms with Crippen LogP contribution in [0.4, 0.5) is 0 Å². The highest BCUT2D eigenvalue weighted by Gasteiger charge is 2.23. The topological polar surface area (TPSA) is 80.3 Å². The molecular weight excluding hydrogens is 302 g/mol. The summed E-state index contributed by atoms with van der Waals surface area (Å²) >= 11 is 0. The summed E-state index contributed by atoms with van der Waals surface area (Å²) in [6.07, 6.45) is 2.46. The van der Waals surface area contributed by atoms with Crippen LogP contribution >= 0.6 is 0 Å². The molecule has 5 nitrogen and oxygen atoms in total. The first-order valence-electron chi connectivity index (χ1n) is 7.37. The predicted octanol–water partition coefficient (Wildman–Crippen LogP) is 2.83. The number of unbranched alkanes of at least 4 members (excludes halogenated alkanes) is 1. The van der Waals surface area contributed by atoms with Crippen LogP contribution in [0.5, 0.6) is 0 Å². The fraction of sp³-hybridized carbons (Fsp3) is 0.500. The van der Waals surface area contributed by atoms with Crippen LogP contribution in [0.3, 0.4) is 0 Å². The average molecular weight is 325 g/mol. The van der Waals surface area contributed by atoms with Gasteiger partial charge in [0, 0.05) is 11.5 Å². The molecule has 1 N–H and O–H groups in total. The van der Waals surface area contributed by atoms with Gasteiger partial charge in [-0.25, -0.2) is 13.1 Å². The van der Waals surface area contributed by atoms with Crippen molar-refractivity contribution in [2.45, 2.75) is 51.9 Å². The third kappa shape index (κ3) is 4.66. The molecule has 0 aliphatic carbocycles. The SMILES string of the molecule is CCCC[C@@H](C)C(=O)NS(=O)(=O)c1cc(C(C)=O)ccc1C. The molecule has 22 heavy (non-hydrogen) atoms. The first-order chi connectivity index (χ1) is 10.2. The molecule has 0 saturated carbocycles. The Morgan fingerprint density at radius 1 is 1.27 bits per heavy atom. The van der Waals surface area contributed by atoms with E-state index in [1.54, 1.807) is 26.0 Å². The number of rotatable bonds is 7. The Hall–Kier alpha value is -1.69. The number of carbonyl (C=O) groups excluding carboxylic acids is 2. The van der Waals surface area contributed by atoms with Crippen molar-refractivity contribution in [3.05, 3.63) is 29.3 Å². The van der Waals surface area contributed by atoms with Gasteiger partial charge in [0.15, 0.2) is 5.78 Å². The monoisotopic (exact) mass is 325 g/mol. The maximum absolute atomic E-state index is 12.4. The molecular formula is C16H23NO4S. The molecule has 0 aromatic heterocycles. The van der Waals surface area contributed by atoms with E-state index in [1.165, 1.54) is 13.0 Å². The number of benzene rings is 1. The maximum atomic E-state index is 12.4. The van der Waals surface area contributed by atoms with Crippen LogP contribution in [0.1, 0.15) is 56.0 Å². The van der Waals surface area contributed by atoms with Crippen molar-refractivity contribution >= 4 is 21.7 Å². The average Bonchev–Trinajstić information content (AvgIpc) is 2.44. The van der Waals surface area contributed by atoms with Crippen LogP contribution in [0.2, 0.25) is 0 Å². The zero-order valence-electron chi connectivity index (χ0n) is 13.5. The van der Waals surface area contributed by atoms with E-state index in [4.69, 9.17) is 0 Å².